The lowest BCUT2D eigenvalue weighted by atomic mass is 9.86. The highest BCUT2D eigenvalue weighted by atomic mass is 31.1. The van der Waals surface area contributed by atoms with Crippen molar-refractivity contribution in [2.45, 2.75) is 52.4 Å². The van der Waals surface area contributed by atoms with E-state index in [-0.39, 0.29) is 10.8 Å². The molecule has 0 spiro atoms. The van der Waals surface area contributed by atoms with Crippen LogP contribution in [0.3, 0.4) is 0 Å². The summed E-state index contributed by atoms with van der Waals surface area (Å²) in [4.78, 5) is 5.30. The number of nitrogens with one attached hydrogen (secondary N) is 1. The largest absolute Gasteiger partial charge is 0.341 e. The number of hydrogen-bond donors (Lipinski definition) is 1. The Morgan fingerprint density at radius 1 is 0.583 bits per heavy atom. The Morgan fingerprint density at radius 3 is 1.58 bits per heavy atom. The quantitative estimate of drug-likeness (QED) is 0.170. The second kappa shape index (κ2) is 10.8. The van der Waals surface area contributed by atoms with Gasteiger partial charge < -0.3 is 5.09 Å². The van der Waals surface area contributed by atoms with Gasteiger partial charge in [0.2, 0.25) is 0 Å². The van der Waals surface area contributed by atoms with Gasteiger partial charge in [0, 0.05) is 16.2 Å². The molecule has 0 aliphatic heterocycles. The van der Waals surface area contributed by atoms with E-state index < -0.39 is 8.07 Å². The summed E-state index contributed by atoms with van der Waals surface area (Å²) < 4.78 is 0. The zero-order valence-corrected chi connectivity index (χ0v) is 23.2. The SMILES string of the molecule is CC(C)(C)c1ccc(C(=Nc2ccccc2C(C)(C)C)NP(c2ccccc2)c2ccccc2)cc1. The summed E-state index contributed by atoms with van der Waals surface area (Å²) in [6, 6.07) is 38.8. The van der Waals surface area contributed by atoms with E-state index in [2.05, 4.69) is 156 Å². The van der Waals surface area contributed by atoms with E-state index in [1.165, 1.54) is 21.7 Å². The van der Waals surface area contributed by atoms with Gasteiger partial charge in [0.05, 0.1) is 13.8 Å². The van der Waals surface area contributed by atoms with Crippen LogP contribution < -0.4 is 15.7 Å². The Kier molecular flexibility index (Phi) is 7.76. The highest BCUT2D eigenvalue weighted by Crippen LogP contribution is 2.34. The van der Waals surface area contributed by atoms with E-state index in [1.54, 1.807) is 0 Å². The van der Waals surface area contributed by atoms with Crippen molar-refractivity contribution < 1.29 is 0 Å². The first-order valence-corrected chi connectivity index (χ1v) is 13.9. The molecule has 0 unspecified atom stereocenters. The van der Waals surface area contributed by atoms with Crippen LogP contribution in [0.1, 0.15) is 58.2 Å². The molecule has 0 radical (unpaired) electrons. The smallest absolute Gasteiger partial charge is 0.137 e. The minimum Gasteiger partial charge on any atom is -0.341 e. The maximum absolute atomic E-state index is 5.30. The monoisotopic (exact) mass is 492 g/mol. The fourth-order valence-electron chi connectivity index (χ4n) is 4.15. The van der Waals surface area contributed by atoms with Gasteiger partial charge in [-0.3, -0.25) is 0 Å². The van der Waals surface area contributed by atoms with Crippen molar-refractivity contribution in [3.8, 4) is 0 Å². The maximum atomic E-state index is 5.30. The van der Waals surface area contributed by atoms with Crippen molar-refractivity contribution in [2.75, 3.05) is 0 Å². The number of rotatable bonds is 5. The van der Waals surface area contributed by atoms with E-state index >= 15 is 0 Å². The molecule has 4 rings (SSSR count). The molecule has 0 aromatic heterocycles. The summed E-state index contributed by atoms with van der Waals surface area (Å²) in [5.41, 5.74) is 4.73. The first-order valence-electron chi connectivity index (χ1n) is 12.6. The molecule has 1 N–H and O–H groups in total. The van der Waals surface area contributed by atoms with Crippen molar-refractivity contribution in [2.24, 2.45) is 4.99 Å². The van der Waals surface area contributed by atoms with Crippen LogP contribution in [0.2, 0.25) is 0 Å². The second-order valence-electron chi connectivity index (χ2n) is 11.2. The molecule has 0 fully saturated rings. The molecule has 36 heavy (non-hydrogen) atoms. The average Bonchev–Trinajstić information content (AvgIpc) is 2.87. The Balaban J connectivity index is 1.86. The van der Waals surface area contributed by atoms with Crippen LogP contribution >= 0.6 is 8.07 Å². The van der Waals surface area contributed by atoms with Crippen molar-refractivity contribution in [3.63, 3.8) is 0 Å². The standard InChI is InChI=1S/C33H37N2P/c1-32(2,3)26-23-21-25(22-24-26)31(34-30-20-14-13-19-29(30)33(4,5)6)35-36(27-15-9-7-10-16-27)28-17-11-8-12-18-28/h7-24H,1-6H3,(H,34,35). The summed E-state index contributed by atoms with van der Waals surface area (Å²) in [6.07, 6.45) is 0. The predicted molar refractivity (Wildman–Crippen MR) is 159 cm³/mol. The maximum Gasteiger partial charge on any atom is 0.137 e. The van der Waals surface area contributed by atoms with Gasteiger partial charge >= 0.3 is 0 Å². The highest BCUT2D eigenvalue weighted by Gasteiger charge is 2.21. The summed E-state index contributed by atoms with van der Waals surface area (Å²) in [6.45, 7) is 13.5. The topological polar surface area (TPSA) is 24.4 Å². The molecule has 0 heterocycles. The van der Waals surface area contributed by atoms with Crippen LogP contribution in [0.5, 0.6) is 0 Å². The van der Waals surface area contributed by atoms with Gasteiger partial charge in [-0.25, -0.2) is 4.99 Å². The summed E-state index contributed by atoms with van der Waals surface area (Å²) in [5, 5.41) is 6.43. The lowest BCUT2D eigenvalue weighted by Gasteiger charge is -2.25. The molecule has 4 aromatic rings. The number of hydrogen-bond acceptors (Lipinski definition) is 1. The minimum atomic E-state index is -0.859. The normalized spacial score (nSPS) is 12.6. The van der Waals surface area contributed by atoms with Gasteiger partial charge in [-0.05, 0) is 28.0 Å². The van der Waals surface area contributed by atoms with Gasteiger partial charge in [0.1, 0.15) is 5.84 Å². The molecule has 0 atom stereocenters. The molecule has 3 heteroatoms. The van der Waals surface area contributed by atoms with Crippen LogP contribution in [0, 0.1) is 0 Å². The molecular formula is C33H37N2P. The molecule has 0 aliphatic carbocycles. The van der Waals surface area contributed by atoms with E-state index in [0.29, 0.717) is 0 Å². The lowest BCUT2D eigenvalue weighted by molar-refractivity contribution is 0.590. The fourth-order valence-corrected chi connectivity index (χ4v) is 6.03. The van der Waals surface area contributed by atoms with Crippen molar-refractivity contribution in [3.05, 3.63) is 126 Å². The third-order valence-electron chi connectivity index (χ3n) is 6.22. The number of para-hydroxylation sites is 1. The molecule has 184 valence electrons. The number of nitrogens with zero attached hydrogens (tertiary/aromatic N) is 1. The van der Waals surface area contributed by atoms with Crippen LogP contribution in [0.25, 0.3) is 0 Å². The van der Waals surface area contributed by atoms with Crippen LogP contribution in [-0.2, 0) is 10.8 Å². The summed E-state index contributed by atoms with van der Waals surface area (Å²) in [5.74, 6) is 0.894. The van der Waals surface area contributed by atoms with Gasteiger partial charge in [-0.1, -0.05) is 145 Å². The van der Waals surface area contributed by atoms with Crippen LogP contribution in [-0.4, -0.2) is 5.84 Å². The molecular weight excluding hydrogens is 455 g/mol. The predicted octanol–water partition coefficient (Wildman–Crippen LogP) is 8.00. The van der Waals surface area contributed by atoms with Crippen molar-refractivity contribution >= 4 is 30.2 Å². The minimum absolute atomic E-state index is 0.00904. The average molecular weight is 493 g/mol. The number of aliphatic imine (C=N–C) groups is 1. The molecule has 2 nitrogen and oxygen atoms in total. The Bertz CT molecular complexity index is 1260. The zero-order valence-electron chi connectivity index (χ0n) is 22.3. The first kappa shape index (κ1) is 25.9. The fraction of sp³-hybridized carbons (Fsp3) is 0.242. The van der Waals surface area contributed by atoms with Gasteiger partial charge in [-0.2, -0.15) is 0 Å². The lowest BCUT2D eigenvalue weighted by Crippen LogP contribution is -2.29. The van der Waals surface area contributed by atoms with Crippen molar-refractivity contribution in [1.82, 2.24) is 5.09 Å². The first-order chi connectivity index (χ1) is 17.1. The van der Waals surface area contributed by atoms with Gasteiger partial charge in [-0.15, -0.1) is 0 Å². The number of amidine groups is 1. The highest BCUT2D eigenvalue weighted by molar-refractivity contribution is 7.71. The molecule has 0 aliphatic rings. The number of benzene rings is 4. The van der Waals surface area contributed by atoms with E-state index in [4.69, 9.17) is 4.99 Å². The summed E-state index contributed by atoms with van der Waals surface area (Å²) in [7, 11) is -0.859. The molecule has 0 saturated carbocycles. The van der Waals surface area contributed by atoms with Gasteiger partial charge in [0.15, 0.2) is 0 Å². The van der Waals surface area contributed by atoms with Crippen molar-refractivity contribution in [1.29, 1.82) is 0 Å². The molecule has 0 amide bonds. The third-order valence-corrected chi connectivity index (χ3v) is 8.28. The Labute approximate surface area is 218 Å². The van der Waals surface area contributed by atoms with Crippen LogP contribution in [0.4, 0.5) is 5.69 Å². The zero-order chi connectivity index (χ0) is 25.8. The summed E-state index contributed by atoms with van der Waals surface area (Å²) >= 11 is 0. The molecule has 0 saturated heterocycles. The molecule has 4 aromatic carbocycles. The van der Waals surface area contributed by atoms with E-state index in [9.17, 15) is 0 Å². The van der Waals surface area contributed by atoms with Gasteiger partial charge in [0.25, 0.3) is 0 Å². The third kappa shape index (κ3) is 6.31. The van der Waals surface area contributed by atoms with Crippen LogP contribution in [0.15, 0.2) is 114 Å². The van der Waals surface area contributed by atoms with E-state index in [1.807, 2.05) is 0 Å². The van der Waals surface area contributed by atoms with E-state index in [0.717, 1.165) is 17.1 Å². The molecule has 0 bridgehead atoms. The Hall–Kier alpha value is -3.22. The second-order valence-corrected chi connectivity index (χ2v) is 13.1. The Morgan fingerprint density at radius 2 is 1.08 bits per heavy atom.